The Morgan fingerprint density at radius 1 is 1.06 bits per heavy atom. The summed E-state index contributed by atoms with van der Waals surface area (Å²) in [6.07, 6.45) is -0.640. The van der Waals surface area contributed by atoms with Crippen LogP contribution in [-0.2, 0) is 19.1 Å². The topological polar surface area (TPSA) is 105 Å². The fourth-order valence-corrected chi connectivity index (χ4v) is 4.72. The molecule has 0 saturated carbocycles. The zero-order valence-corrected chi connectivity index (χ0v) is 19.6. The van der Waals surface area contributed by atoms with Gasteiger partial charge in [0, 0.05) is 5.92 Å². The van der Waals surface area contributed by atoms with Gasteiger partial charge < -0.3 is 24.8 Å². The third-order valence-electron chi connectivity index (χ3n) is 6.46. The lowest BCUT2D eigenvalue weighted by Crippen LogP contribution is -2.67. The normalized spacial score (nSPS) is 16.9. The van der Waals surface area contributed by atoms with Crippen molar-refractivity contribution in [2.24, 2.45) is 5.92 Å². The molecule has 8 heteroatoms. The first-order valence-corrected chi connectivity index (χ1v) is 11.4. The number of carboxylic acids is 1. The standard InChI is InChI=1S/C26H30N2O6/c1-16(2)23(24(31)28-14-26(3,15-28)34-13-22(29)30)27-25(32)33-12-21-19-10-6-4-8-17(19)18-9-5-7-11-20(18)21/h4-11,16,21,23H,12-15H2,1-3H3,(H,27,32)(H,29,30)/t23-/m1/s1. The molecular weight excluding hydrogens is 436 g/mol. The summed E-state index contributed by atoms with van der Waals surface area (Å²) in [5, 5.41) is 11.5. The molecule has 2 N–H and O–H groups in total. The van der Waals surface area contributed by atoms with Gasteiger partial charge in [-0.3, -0.25) is 4.79 Å². The lowest BCUT2D eigenvalue weighted by atomic mass is 9.93. The predicted octanol–water partition coefficient (Wildman–Crippen LogP) is 3.25. The molecule has 180 valence electrons. The van der Waals surface area contributed by atoms with E-state index in [4.69, 9.17) is 14.6 Å². The molecule has 2 aromatic rings. The predicted molar refractivity (Wildman–Crippen MR) is 125 cm³/mol. The number of aliphatic carboxylic acids is 1. The molecule has 0 bridgehead atoms. The van der Waals surface area contributed by atoms with Crippen LogP contribution in [0, 0.1) is 5.92 Å². The van der Waals surface area contributed by atoms with Gasteiger partial charge in [0.2, 0.25) is 5.91 Å². The molecule has 0 radical (unpaired) electrons. The van der Waals surface area contributed by atoms with Crippen molar-refractivity contribution in [2.45, 2.75) is 38.3 Å². The Balaban J connectivity index is 1.35. The molecule has 1 fully saturated rings. The fourth-order valence-electron chi connectivity index (χ4n) is 4.72. The van der Waals surface area contributed by atoms with Crippen LogP contribution in [0.3, 0.4) is 0 Å². The van der Waals surface area contributed by atoms with E-state index >= 15 is 0 Å². The number of carbonyl (C=O) groups excluding carboxylic acids is 2. The number of benzene rings is 2. The van der Waals surface area contributed by atoms with Gasteiger partial charge in [0.1, 0.15) is 24.9 Å². The largest absolute Gasteiger partial charge is 0.480 e. The van der Waals surface area contributed by atoms with Crippen molar-refractivity contribution in [3.05, 3.63) is 59.7 Å². The van der Waals surface area contributed by atoms with Crippen LogP contribution in [0.15, 0.2) is 48.5 Å². The molecule has 2 amide bonds. The molecule has 1 saturated heterocycles. The minimum absolute atomic E-state index is 0.0613. The second kappa shape index (κ2) is 9.46. The highest BCUT2D eigenvalue weighted by atomic mass is 16.5. The zero-order chi connectivity index (χ0) is 24.5. The summed E-state index contributed by atoms with van der Waals surface area (Å²) in [6.45, 7) is 5.78. The summed E-state index contributed by atoms with van der Waals surface area (Å²) in [5.41, 5.74) is 3.84. The van der Waals surface area contributed by atoms with E-state index in [0.717, 1.165) is 22.3 Å². The van der Waals surface area contributed by atoms with E-state index in [1.807, 2.05) is 38.1 Å². The minimum atomic E-state index is -1.05. The molecule has 2 aromatic carbocycles. The smallest absolute Gasteiger partial charge is 0.407 e. The number of carbonyl (C=O) groups is 3. The Bertz CT molecular complexity index is 1050. The van der Waals surface area contributed by atoms with E-state index in [1.165, 1.54) is 0 Å². The summed E-state index contributed by atoms with van der Waals surface area (Å²) in [7, 11) is 0. The second-order valence-corrected chi connectivity index (χ2v) is 9.52. The Morgan fingerprint density at radius 2 is 1.62 bits per heavy atom. The zero-order valence-electron chi connectivity index (χ0n) is 19.6. The highest BCUT2D eigenvalue weighted by molar-refractivity contribution is 5.87. The van der Waals surface area contributed by atoms with Crippen LogP contribution in [0.1, 0.15) is 37.8 Å². The van der Waals surface area contributed by atoms with Gasteiger partial charge in [0.15, 0.2) is 0 Å². The van der Waals surface area contributed by atoms with Crippen LogP contribution in [0.2, 0.25) is 0 Å². The van der Waals surface area contributed by atoms with Gasteiger partial charge in [0.25, 0.3) is 0 Å². The fraction of sp³-hybridized carbons (Fsp3) is 0.423. The molecular formula is C26H30N2O6. The number of hydrogen-bond acceptors (Lipinski definition) is 5. The first kappa shape index (κ1) is 23.8. The first-order valence-electron chi connectivity index (χ1n) is 11.4. The monoisotopic (exact) mass is 466 g/mol. The molecule has 0 unspecified atom stereocenters. The number of amides is 2. The van der Waals surface area contributed by atoms with Gasteiger partial charge in [-0.05, 0) is 35.1 Å². The number of likely N-dealkylation sites (tertiary alicyclic amines) is 1. The van der Waals surface area contributed by atoms with Crippen LogP contribution in [0.25, 0.3) is 11.1 Å². The van der Waals surface area contributed by atoms with E-state index in [2.05, 4.69) is 29.6 Å². The number of carboxylic acid groups (broad SMARTS) is 1. The van der Waals surface area contributed by atoms with Crippen molar-refractivity contribution in [2.75, 3.05) is 26.3 Å². The van der Waals surface area contributed by atoms with E-state index < -0.39 is 30.3 Å². The summed E-state index contributed by atoms with van der Waals surface area (Å²) < 4.78 is 11.0. The van der Waals surface area contributed by atoms with Crippen LogP contribution >= 0.6 is 0 Å². The maximum absolute atomic E-state index is 13.0. The van der Waals surface area contributed by atoms with Gasteiger partial charge >= 0.3 is 12.1 Å². The van der Waals surface area contributed by atoms with Gasteiger partial charge in [-0.1, -0.05) is 62.4 Å². The van der Waals surface area contributed by atoms with E-state index in [0.29, 0.717) is 0 Å². The molecule has 4 rings (SSSR count). The average Bonchev–Trinajstić information content (AvgIpc) is 3.11. The van der Waals surface area contributed by atoms with Crippen molar-refractivity contribution in [1.82, 2.24) is 10.2 Å². The van der Waals surface area contributed by atoms with E-state index in [-0.39, 0.29) is 37.4 Å². The second-order valence-electron chi connectivity index (χ2n) is 9.52. The Morgan fingerprint density at radius 3 is 2.15 bits per heavy atom. The number of nitrogens with one attached hydrogen (secondary N) is 1. The van der Waals surface area contributed by atoms with Gasteiger partial charge in [0.05, 0.1) is 13.1 Å². The number of alkyl carbamates (subject to hydrolysis) is 1. The third-order valence-corrected chi connectivity index (χ3v) is 6.46. The molecule has 34 heavy (non-hydrogen) atoms. The summed E-state index contributed by atoms with van der Waals surface area (Å²) >= 11 is 0. The molecule has 0 spiro atoms. The van der Waals surface area contributed by atoms with Gasteiger partial charge in [-0.2, -0.15) is 0 Å². The summed E-state index contributed by atoms with van der Waals surface area (Å²) in [6, 6.07) is 15.4. The van der Waals surface area contributed by atoms with Crippen molar-refractivity contribution in [3.63, 3.8) is 0 Å². The lowest BCUT2D eigenvalue weighted by molar-refractivity contribution is -0.175. The third kappa shape index (κ3) is 4.77. The van der Waals surface area contributed by atoms with Gasteiger partial charge in [-0.25, -0.2) is 9.59 Å². The molecule has 1 aliphatic heterocycles. The maximum Gasteiger partial charge on any atom is 0.407 e. The number of hydrogen-bond donors (Lipinski definition) is 2. The molecule has 2 aliphatic rings. The maximum atomic E-state index is 13.0. The first-order chi connectivity index (χ1) is 16.2. The SMILES string of the molecule is CC(C)[C@@H](NC(=O)OCC1c2ccccc2-c2ccccc21)C(=O)N1CC(C)(OCC(=O)O)C1. The van der Waals surface area contributed by atoms with E-state index in [1.54, 1.807) is 11.8 Å². The Hall–Kier alpha value is -3.39. The van der Waals surface area contributed by atoms with Crippen LogP contribution < -0.4 is 5.32 Å². The summed E-state index contributed by atoms with van der Waals surface area (Å²) in [5.74, 6) is -1.50. The highest BCUT2D eigenvalue weighted by Crippen LogP contribution is 2.44. The molecule has 8 nitrogen and oxygen atoms in total. The molecule has 1 heterocycles. The highest BCUT2D eigenvalue weighted by Gasteiger charge is 2.45. The number of ether oxygens (including phenoxy) is 2. The number of nitrogens with zero attached hydrogens (tertiary/aromatic N) is 1. The van der Waals surface area contributed by atoms with Crippen LogP contribution in [0.4, 0.5) is 4.79 Å². The summed E-state index contributed by atoms with van der Waals surface area (Å²) in [4.78, 5) is 38.0. The quantitative estimate of drug-likeness (QED) is 0.619. The molecule has 1 aliphatic carbocycles. The molecule has 1 atom stereocenters. The average molecular weight is 467 g/mol. The minimum Gasteiger partial charge on any atom is -0.480 e. The van der Waals surface area contributed by atoms with E-state index in [9.17, 15) is 14.4 Å². The lowest BCUT2D eigenvalue weighted by Gasteiger charge is -2.48. The van der Waals surface area contributed by atoms with Crippen molar-refractivity contribution < 1.29 is 29.0 Å². The van der Waals surface area contributed by atoms with Crippen LogP contribution in [0.5, 0.6) is 0 Å². The van der Waals surface area contributed by atoms with Crippen molar-refractivity contribution in [3.8, 4) is 11.1 Å². The van der Waals surface area contributed by atoms with Crippen molar-refractivity contribution >= 4 is 18.0 Å². The van der Waals surface area contributed by atoms with Gasteiger partial charge in [-0.15, -0.1) is 0 Å². The molecule has 0 aromatic heterocycles. The Labute approximate surface area is 198 Å². The number of rotatable bonds is 8. The van der Waals surface area contributed by atoms with Crippen LogP contribution in [-0.4, -0.2) is 65.9 Å². The van der Waals surface area contributed by atoms with Crippen molar-refractivity contribution in [1.29, 1.82) is 0 Å². The Kier molecular flexibility index (Phi) is 6.61. The number of fused-ring (bicyclic) bond motifs is 3.